The molecule has 1 aliphatic rings. The first-order valence-electron chi connectivity index (χ1n) is 8.68. The molecular formula is C19H32N2O. The molecule has 0 spiro atoms. The summed E-state index contributed by atoms with van der Waals surface area (Å²) in [5, 5.41) is 0. The maximum absolute atomic E-state index is 5.92. The van der Waals surface area contributed by atoms with Crippen LogP contribution in [0.25, 0.3) is 0 Å². The molecule has 1 aliphatic heterocycles. The van der Waals surface area contributed by atoms with Gasteiger partial charge in [-0.1, -0.05) is 26.8 Å². The van der Waals surface area contributed by atoms with Crippen LogP contribution < -0.4 is 10.5 Å². The molecule has 0 amide bonds. The van der Waals surface area contributed by atoms with E-state index in [-0.39, 0.29) is 5.41 Å². The van der Waals surface area contributed by atoms with Gasteiger partial charge in [-0.15, -0.1) is 0 Å². The lowest BCUT2D eigenvalue weighted by molar-refractivity contribution is 0.226. The maximum atomic E-state index is 5.92. The zero-order valence-corrected chi connectivity index (χ0v) is 14.7. The summed E-state index contributed by atoms with van der Waals surface area (Å²) in [6.07, 6.45) is 3.58. The van der Waals surface area contributed by atoms with Crippen molar-refractivity contribution in [2.45, 2.75) is 58.4 Å². The zero-order chi connectivity index (χ0) is 16.2. The van der Waals surface area contributed by atoms with Crippen LogP contribution in [0, 0.1) is 0 Å². The molecule has 2 N–H and O–H groups in total. The van der Waals surface area contributed by atoms with Crippen molar-refractivity contribution in [3.05, 3.63) is 29.3 Å². The molecule has 1 aromatic carbocycles. The Bertz CT molecular complexity index is 473. The molecule has 0 saturated carbocycles. The zero-order valence-electron chi connectivity index (χ0n) is 14.7. The molecule has 1 unspecified atom stereocenters. The van der Waals surface area contributed by atoms with E-state index in [1.165, 1.54) is 37.1 Å². The van der Waals surface area contributed by atoms with Crippen LogP contribution in [0.15, 0.2) is 18.2 Å². The molecule has 1 saturated heterocycles. The van der Waals surface area contributed by atoms with Crippen LogP contribution in [-0.4, -0.2) is 31.1 Å². The van der Waals surface area contributed by atoms with Gasteiger partial charge in [0, 0.05) is 11.6 Å². The van der Waals surface area contributed by atoms with E-state index in [9.17, 15) is 0 Å². The van der Waals surface area contributed by atoms with E-state index in [0.717, 1.165) is 12.2 Å². The third-order valence-corrected chi connectivity index (χ3v) is 4.56. The van der Waals surface area contributed by atoms with Crippen LogP contribution in [0.5, 0.6) is 5.75 Å². The summed E-state index contributed by atoms with van der Waals surface area (Å²) in [7, 11) is 0. The standard InChI is InChI=1S/C19H32N2O/c1-5-22-18-9-8-15(19(2,3)4)14-16(18)17(10-11-20)21-12-6-7-13-21/h8-9,14,17H,5-7,10-13,20H2,1-4H3. The summed E-state index contributed by atoms with van der Waals surface area (Å²) in [5.74, 6) is 1.03. The van der Waals surface area contributed by atoms with Gasteiger partial charge in [-0.05, 0) is 68.9 Å². The number of ether oxygens (including phenoxy) is 1. The molecule has 124 valence electrons. The van der Waals surface area contributed by atoms with Crippen molar-refractivity contribution >= 4 is 0 Å². The highest BCUT2D eigenvalue weighted by Crippen LogP contribution is 2.37. The van der Waals surface area contributed by atoms with Crippen molar-refractivity contribution in [2.75, 3.05) is 26.2 Å². The third-order valence-electron chi connectivity index (χ3n) is 4.56. The Balaban J connectivity index is 2.41. The average Bonchev–Trinajstić information content (AvgIpc) is 2.98. The van der Waals surface area contributed by atoms with Gasteiger partial charge in [0.2, 0.25) is 0 Å². The largest absolute Gasteiger partial charge is 0.494 e. The van der Waals surface area contributed by atoms with Crippen LogP contribution in [0.1, 0.15) is 64.1 Å². The normalized spacial score (nSPS) is 17.7. The fourth-order valence-corrected chi connectivity index (χ4v) is 3.31. The number of hydrogen-bond acceptors (Lipinski definition) is 3. The fraction of sp³-hybridized carbons (Fsp3) is 0.684. The van der Waals surface area contributed by atoms with Gasteiger partial charge in [-0.25, -0.2) is 0 Å². The lowest BCUT2D eigenvalue weighted by atomic mass is 9.84. The van der Waals surface area contributed by atoms with Crippen LogP contribution in [0.2, 0.25) is 0 Å². The van der Waals surface area contributed by atoms with E-state index in [1.54, 1.807) is 0 Å². The smallest absolute Gasteiger partial charge is 0.124 e. The van der Waals surface area contributed by atoms with Crippen molar-refractivity contribution < 1.29 is 4.74 Å². The molecule has 1 fully saturated rings. The number of likely N-dealkylation sites (tertiary alicyclic amines) is 1. The number of nitrogens with two attached hydrogens (primary N) is 1. The lowest BCUT2D eigenvalue weighted by Gasteiger charge is -2.31. The quantitative estimate of drug-likeness (QED) is 0.867. The molecule has 2 rings (SSSR count). The minimum absolute atomic E-state index is 0.151. The van der Waals surface area contributed by atoms with E-state index >= 15 is 0 Å². The van der Waals surface area contributed by atoms with Gasteiger partial charge in [0.25, 0.3) is 0 Å². The van der Waals surface area contributed by atoms with Gasteiger partial charge < -0.3 is 10.5 Å². The van der Waals surface area contributed by atoms with Crippen LogP contribution in [-0.2, 0) is 5.41 Å². The van der Waals surface area contributed by atoms with Crippen LogP contribution >= 0.6 is 0 Å². The second kappa shape index (κ2) is 7.47. The fourth-order valence-electron chi connectivity index (χ4n) is 3.31. The van der Waals surface area contributed by atoms with E-state index in [1.807, 2.05) is 0 Å². The molecule has 0 aliphatic carbocycles. The monoisotopic (exact) mass is 304 g/mol. The van der Waals surface area contributed by atoms with E-state index in [2.05, 4.69) is 50.8 Å². The van der Waals surface area contributed by atoms with Crippen molar-refractivity contribution in [1.29, 1.82) is 0 Å². The summed E-state index contributed by atoms with van der Waals surface area (Å²) in [5.41, 5.74) is 8.75. The maximum Gasteiger partial charge on any atom is 0.124 e. The first kappa shape index (κ1) is 17.3. The van der Waals surface area contributed by atoms with Gasteiger partial charge in [-0.2, -0.15) is 0 Å². The Labute approximate surface area is 135 Å². The predicted molar refractivity (Wildman–Crippen MR) is 93.5 cm³/mol. The second-order valence-corrected chi connectivity index (χ2v) is 7.27. The van der Waals surface area contributed by atoms with Crippen LogP contribution in [0.3, 0.4) is 0 Å². The Morgan fingerprint density at radius 1 is 1.23 bits per heavy atom. The Hall–Kier alpha value is -1.06. The van der Waals surface area contributed by atoms with Gasteiger partial charge in [-0.3, -0.25) is 4.90 Å². The number of benzene rings is 1. The Kier molecular flexibility index (Phi) is 5.87. The molecule has 1 atom stereocenters. The highest BCUT2D eigenvalue weighted by atomic mass is 16.5. The van der Waals surface area contributed by atoms with Crippen molar-refractivity contribution in [3.63, 3.8) is 0 Å². The number of nitrogens with zero attached hydrogens (tertiary/aromatic N) is 1. The molecule has 3 heteroatoms. The number of hydrogen-bond donors (Lipinski definition) is 1. The summed E-state index contributed by atoms with van der Waals surface area (Å²) < 4.78 is 5.92. The average molecular weight is 304 g/mol. The SMILES string of the molecule is CCOc1ccc(C(C)(C)C)cc1C(CCN)N1CCCC1. The van der Waals surface area contributed by atoms with E-state index < -0.39 is 0 Å². The molecule has 1 heterocycles. The predicted octanol–water partition coefficient (Wildman–Crippen LogP) is 3.87. The summed E-state index contributed by atoms with van der Waals surface area (Å²) in [4.78, 5) is 2.58. The molecule has 0 bridgehead atoms. The summed E-state index contributed by atoms with van der Waals surface area (Å²) in [6.45, 7) is 12.6. The minimum Gasteiger partial charge on any atom is -0.494 e. The molecular weight excluding hydrogens is 272 g/mol. The number of rotatable bonds is 6. The van der Waals surface area contributed by atoms with Crippen molar-refractivity contribution in [2.24, 2.45) is 5.73 Å². The first-order valence-corrected chi connectivity index (χ1v) is 8.68. The van der Waals surface area contributed by atoms with Crippen LogP contribution in [0.4, 0.5) is 0 Å². The van der Waals surface area contributed by atoms with Gasteiger partial charge in [0.05, 0.1) is 6.61 Å². The molecule has 22 heavy (non-hydrogen) atoms. The molecule has 1 aromatic rings. The summed E-state index contributed by atoms with van der Waals surface area (Å²) in [6, 6.07) is 7.09. The second-order valence-electron chi connectivity index (χ2n) is 7.27. The first-order chi connectivity index (χ1) is 10.5. The van der Waals surface area contributed by atoms with Gasteiger partial charge >= 0.3 is 0 Å². The lowest BCUT2D eigenvalue weighted by Crippen LogP contribution is -2.28. The van der Waals surface area contributed by atoms with E-state index in [0.29, 0.717) is 19.2 Å². The minimum atomic E-state index is 0.151. The highest BCUT2D eigenvalue weighted by Gasteiger charge is 2.27. The molecule has 0 aromatic heterocycles. The molecule has 0 radical (unpaired) electrons. The van der Waals surface area contributed by atoms with Gasteiger partial charge in [0.15, 0.2) is 0 Å². The summed E-state index contributed by atoms with van der Waals surface area (Å²) >= 11 is 0. The van der Waals surface area contributed by atoms with Gasteiger partial charge in [0.1, 0.15) is 5.75 Å². The molecule has 3 nitrogen and oxygen atoms in total. The van der Waals surface area contributed by atoms with Crippen molar-refractivity contribution in [1.82, 2.24) is 4.90 Å². The Morgan fingerprint density at radius 2 is 1.91 bits per heavy atom. The third kappa shape index (κ3) is 4.02. The highest BCUT2D eigenvalue weighted by molar-refractivity contribution is 5.42. The van der Waals surface area contributed by atoms with Crippen molar-refractivity contribution in [3.8, 4) is 5.75 Å². The Morgan fingerprint density at radius 3 is 2.45 bits per heavy atom. The van der Waals surface area contributed by atoms with E-state index in [4.69, 9.17) is 10.5 Å². The topological polar surface area (TPSA) is 38.5 Å².